The Morgan fingerprint density at radius 2 is 1.24 bits per heavy atom. The highest BCUT2D eigenvalue weighted by atomic mass is 31.1. The van der Waals surface area contributed by atoms with Gasteiger partial charge in [0.25, 0.3) is 5.91 Å². The van der Waals surface area contributed by atoms with E-state index in [1.807, 2.05) is 78.9 Å². The first-order valence-electron chi connectivity index (χ1n) is 10.5. The highest BCUT2D eigenvalue weighted by Gasteiger charge is 2.21. The summed E-state index contributed by atoms with van der Waals surface area (Å²) in [5.74, 6) is 0.972. The minimum absolute atomic E-state index is 0.213. The molecule has 4 nitrogen and oxygen atoms in total. The zero-order chi connectivity index (χ0) is 22.9. The maximum absolute atomic E-state index is 12.7. The standard InChI is InChI=1S/C28H24NO3P/c1-31-26-20-12-11-19-25(26)27(21-29-28(30)22-13-5-2-6-14-22)32-33(23-15-7-3-8-16-23)24-17-9-4-10-18-24/h2-21H,1H3,(H,29,30). The third-order valence-corrected chi connectivity index (χ3v) is 6.83. The van der Waals surface area contributed by atoms with E-state index in [0.717, 1.165) is 16.2 Å². The van der Waals surface area contributed by atoms with Gasteiger partial charge in [-0.3, -0.25) is 4.79 Å². The highest BCUT2D eigenvalue weighted by molar-refractivity contribution is 7.68. The minimum atomic E-state index is -1.19. The maximum Gasteiger partial charge on any atom is 0.255 e. The third kappa shape index (κ3) is 5.68. The number of carbonyl (C=O) groups excluding carboxylic acids is 1. The van der Waals surface area contributed by atoms with Crippen molar-refractivity contribution in [3.8, 4) is 5.75 Å². The van der Waals surface area contributed by atoms with E-state index in [-0.39, 0.29) is 5.91 Å². The molecule has 1 N–H and O–H groups in total. The number of carbonyl (C=O) groups is 1. The monoisotopic (exact) mass is 453 g/mol. The number of hydrogen-bond donors (Lipinski definition) is 1. The van der Waals surface area contributed by atoms with Gasteiger partial charge in [-0.15, -0.1) is 0 Å². The minimum Gasteiger partial charge on any atom is -0.496 e. The summed E-state index contributed by atoms with van der Waals surface area (Å²) in [5.41, 5.74) is 1.33. The Morgan fingerprint density at radius 3 is 1.82 bits per heavy atom. The van der Waals surface area contributed by atoms with Crippen LogP contribution in [-0.4, -0.2) is 13.0 Å². The molecule has 0 aliphatic heterocycles. The van der Waals surface area contributed by atoms with Crippen LogP contribution in [0.4, 0.5) is 0 Å². The van der Waals surface area contributed by atoms with Crippen molar-refractivity contribution < 1.29 is 14.1 Å². The summed E-state index contributed by atoms with van der Waals surface area (Å²) in [4.78, 5) is 12.7. The number of amides is 1. The fraction of sp³-hybridized carbons (Fsp3) is 0.0357. The fourth-order valence-electron chi connectivity index (χ4n) is 3.29. The molecule has 33 heavy (non-hydrogen) atoms. The van der Waals surface area contributed by atoms with Gasteiger partial charge in [0, 0.05) is 22.4 Å². The summed E-state index contributed by atoms with van der Waals surface area (Å²) in [5, 5.41) is 5.01. The van der Waals surface area contributed by atoms with Crippen molar-refractivity contribution in [1.82, 2.24) is 5.32 Å². The Kier molecular flexibility index (Phi) is 7.52. The van der Waals surface area contributed by atoms with Gasteiger partial charge in [-0.2, -0.15) is 0 Å². The first kappa shape index (κ1) is 22.3. The number of benzene rings is 4. The molecule has 0 aliphatic carbocycles. The van der Waals surface area contributed by atoms with Gasteiger partial charge in [-0.25, -0.2) is 0 Å². The predicted molar refractivity (Wildman–Crippen MR) is 135 cm³/mol. The Bertz CT molecular complexity index is 1170. The number of nitrogens with one attached hydrogen (secondary N) is 1. The Hall–Kier alpha value is -3.88. The molecule has 5 heteroatoms. The number of rotatable bonds is 8. The number of ether oxygens (including phenoxy) is 1. The molecule has 4 rings (SSSR count). The van der Waals surface area contributed by atoms with Gasteiger partial charge >= 0.3 is 0 Å². The van der Waals surface area contributed by atoms with Crippen LogP contribution in [0, 0.1) is 0 Å². The maximum atomic E-state index is 12.7. The molecule has 4 aromatic rings. The zero-order valence-corrected chi connectivity index (χ0v) is 19.1. The molecule has 0 fully saturated rings. The van der Waals surface area contributed by atoms with Crippen molar-refractivity contribution in [1.29, 1.82) is 0 Å². The van der Waals surface area contributed by atoms with Gasteiger partial charge in [0.1, 0.15) is 5.75 Å². The average molecular weight is 453 g/mol. The van der Waals surface area contributed by atoms with Gasteiger partial charge in [-0.1, -0.05) is 91.0 Å². The summed E-state index contributed by atoms with van der Waals surface area (Å²) >= 11 is 0. The summed E-state index contributed by atoms with van der Waals surface area (Å²) in [6.45, 7) is 0. The van der Waals surface area contributed by atoms with Crippen LogP contribution in [-0.2, 0) is 4.52 Å². The van der Waals surface area contributed by atoms with Crippen molar-refractivity contribution in [2.45, 2.75) is 0 Å². The van der Waals surface area contributed by atoms with Crippen molar-refractivity contribution in [2.75, 3.05) is 7.11 Å². The molecule has 0 spiro atoms. The molecule has 0 aliphatic rings. The van der Waals surface area contributed by atoms with E-state index >= 15 is 0 Å². The summed E-state index contributed by atoms with van der Waals surface area (Å²) < 4.78 is 12.3. The van der Waals surface area contributed by atoms with E-state index in [2.05, 4.69) is 29.6 Å². The lowest BCUT2D eigenvalue weighted by atomic mass is 10.1. The van der Waals surface area contributed by atoms with Crippen LogP contribution in [0.25, 0.3) is 5.76 Å². The highest BCUT2D eigenvalue weighted by Crippen LogP contribution is 2.42. The summed E-state index contributed by atoms with van der Waals surface area (Å²) in [7, 11) is 0.430. The number of hydrogen-bond acceptors (Lipinski definition) is 3. The van der Waals surface area contributed by atoms with E-state index in [1.165, 1.54) is 0 Å². The normalized spacial score (nSPS) is 11.2. The van der Waals surface area contributed by atoms with E-state index in [0.29, 0.717) is 17.1 Å². The fourth-order valence-corrected chi connectivity index (χ4v) is 5.03. The second-order valence-electron chi connectivity index (χ2n) is 7.11. The van der Waals surface area contributed by atoms with E-state index in [1.54, 1.807) is 25.4 Å². The van der Waals surface area contributed by atoms with Crippen LogP contribution in [0.15, 0.2) is 121 Å². The smallest absolute Gasteiger partial charge is 0.255 e. The molecule has 0 aromatic heterocycles. The van der Waals surface area contributed by atoms with Crippen molar-refractivity contribution in [3.05, 3.63) is 133 Å². The number of para-hydroxylation sites is 1. The zero-order valence-electron chi connectivity index (χ0n) is 18.2. The molecular weight excluding hydrogens is 429 g/mol. The van der Waals surface area contributed by atoms with Gasteiger partial charge in [0.2, 0.25) is 0 Å². The summed E-state index contributed by atoms with van der Waals surface area (Å²) in [6, 6.07) is 36.9. The van der Waals surface area contributed by atoms with Crippen LogP contribution in [0.5, 0.6) is 5.75 Å². The molecule has 0 heterocycles. The molecule has 4 aromatic carbocycles. The van der Waals surface area contributed by atoms with E-state index < -0.39 is 8.15 Å². The molecule has 0 radical (unpaired) electrons. The molecule has 164 valence electrons. The Morgan fingerprint density at radius 1 is 0.727 bits per heavy atom. The van der Waals surface area contributed by atoms with Gasteiger partial charge in [0.15, 0.2) is 13.9 Å². The largest absolute Gasteiger partial charge is 0.496 e. The predicted octanol–water partition coefficient (Wildman–Crippen LogP) is 5.49. The summed E-state index contributed by atoms with van der Waals surface area (Å²) in [6.07, 6.45) is 1.62. The van der Waals surface area contributed by atoms with Crippen molar-refractivity contribution >= 4 is 30.4 Å². The van der Waals surface area contributed by atoms with Crippen LogP contribution < -0.4 is 20.7 Å². The molecule has 0 atom stereocenters. The third-order valence-electron chi connectivity index (χ3n) is 4.91. The van der Waals surface area contributed by atoms with Crippen molar-refractivity contribution in [3.63, 3.8) is 0 Å². The average Bonchev–Trinajstić information content (AvgIpc) is 2.90. The van der Waals surface area contributed by atoms with Crippen LogP contribution in [0.2, 0.25) is 0 Å². The second kappa shape index (κ2) is 11.1. The Labute approximate surface area is 195 Å². The first-order valence-corrected chi connectivity index (χ1v) is 11.8. The van der Waals surface area contributed by atoms with Gasteiger partial charge in [-0.05, 0) is 24.3 Å². The lowest BCUT2D eigenvalue weighted by Crippen LogP contribution is -2.19. The first-order chi connectivity index (χ1) is 16.3. The molecule has 0 bridgehead atoms. The second-order valence-corrected chi connectivity index (χ2v) is 8.91. The van der Waals surface area contributed by atoms with E-state index in [9.17, 15) is 4.79 Å². The van der Waals surface area contributed by atoms with Crippen molar-refractivity contribution in [2.24, 2.45) is 0 Å². The topological polar surface area (TPSA) is 47.6 Å². The van der Waals surface area contributed by atoms with E-state index in [4.69, 9.17) is 9.26 Å². The molecule has 0 unspecified atom stereocenters. The Balaban J connectivity index is 1.74. The van der Waals surface area contributed by atoms with Gasteiger partial charge < -0.3 is 14.6 Å². The quantitative estimate of drug-likeness (QED) is 0.284. The molecule has 1 amide bonds. The van der Waals surface area contributed by atoms with Crippen LogP contribution in [0.3, 0.4) is 0 Å². The number of methoxy groups -OCH3 is 1. The van der Waals surface area contributed by atoms with Gasteiger partial charge in [0.05, 0.1) is 12.7 Å². The van der Waals surface area contributed by atoms with Crippen LogP contribution >= 0.6 is 8.15 Å². The lowest BCUT2D eigenvalue weighted by Gasteiger charge is -2.22. The molecule has 0 saturated carbocycles. The van der Waals surface area contributed by atoms with Crippen LogP contribution in [0.1, 0.15) is 15.9 Å². The lowest BCUT2D eigenvalue weighted by molar-refractivity contribution is 0.0969. The molecular formula is C28H24NO3P. The molecule has 0 saturated heterocycles. The SMILES string of the molecule is COc1ccccc1C(=CNC(=O)c1ccccc1)OP(c1ccccc1)c1ccccc1.